The molecule has 1 aliphatic carbocycles. The lowest BCUT2D eigenvalue weighted by Gasteiger charge is -2.41. The molecule has 3 N–H and O–H groups in total. The van der Waals surface area contributed by atoms with Gasteiger partial charge in [0.05, 0.1) is 18.5 Å². The lowest BCUT2D eigenvalue weighted by molar-refractivity contribution is -0.139. The molecular weight excluding hydrogens is 332 g/mol. The molecule has 1 saturated carbocycles. The van der Waals surface area contributed by atoms with Crippen LogP contribution >= 0.6 is 27.3 Å². The van der Waals surface area contributed by atoms with Crippen LogP contribution in [-0.2, 0) is 11.3 Å². The molecule has 7 heteroatoms. The second kappa shape index (κ2) is 5.92. The summed E-state index contributed by atoms with van der Waals surface area (Å²) in [6, 6.07) is 1.62. The Balaban J connectivity index is 1.83. The summed E-state index contributed by atoms with van der Waals surface area (Å²) in [6.45, 7) is 0.438. The fraction of sp³-hybridized carbons (Fsp3) is 0.500. The summed E-state index contributed by atoms with van der Waals surface area (Å²) >= 11 is 4.95. The molecule has 0 bridgehead atoms. The first-order valence-electron chi connectivity index (χ1n) is 6.00. The number of aliphatic carboxylic acids is 1. The molecule has 0 spiro atoms. The van der Waals surface area contributed by atoms with Crippen molar-refractivity contribution in [3.8, 4) is 0 Å². The maximum Gasteiger partial charge on any atom is 0.315 e. The zero-order valence-corrected chi connectivity index (χ0v) is 12.6. The number of halogens is 1. The molecule has 1 aromatic rings. The Bertz CT molecular complexity index is 485. The largest absolute Gasteiger partial charge is 0.481 e. The van der Waals surface area contributed by atoms with Crippen molar-refractivity contribution in [3.05, 3.63) is 20.8 Å². The molecule has 1 aliphatic rings. The fourth-order valence-electron chi connectivity index (χ4n) is 2.14. The molecule has 1 heterocycles. The van der Waals surface area contributed by atoms with E-state index in [0.717, 1.165) is 28.6 Å². The van der Waals surface area contributed by atoms with E-state index in [2.05, 4.69) is 26.6 Å². The van der Waals surface area contributed by atoms with Gasteiger partial charge in [-0.15, -0.1) is 11.3 Å². The van der Waals surface area contributed by atoms with Gasteiger partial charge in [0.25, 0.3) is 0 Å². The van der Waals surface area contributed by atoms with Crippen molar-refractivity contribution < 1.29 is 14.7 Å². The van der Waals surface area contributed by atoms with Crippen molar-refractivity contribution in [1.82, 2.24) is 10.6 Å². The molecule has 5 nitrogen and oxygen atoms in total. The average Bonchev–Trinajstić information content (AvgIpc) is 2.68. The van der Waals surface area contributed by atoms with Crippen LogP contribution in [-0.4, -0.2) is 22.6 Å². The first-order chi connectivity index (χ1) is 9.01. The van der Waals surface area contributed by atoms with Crippen molar-refractivity contribution in [2.75, 3.05) is 0 Å². The van der Waals surface area contributed by atoms with Crippen LogP contribution < -0.4 is 10.6 Å². The number of rotatable bonds is 5. The monoisotopic (exact) mass is 346 g/mol. The van der Waals surface area contributed by atoms with Gasteiger partial charge in [0.2, 0.25) is 0 Å². The molecule has 19 heavy (non-hydrogen) atoms. The number of carboxylic acid groups (broad SMARTS) is 1. The summed E-state index contributed by atoms with van der Waals surface area (Å²) in [4.78, 5) is 23.7. The van der Waals surface area contributed by atoms with Crippen LogP contribution in [0.3, 0.4) is 0 Å². The van der Waals surface area contributed by atoms with Crippen LogP contribution in [0.4, 0.5) is 4.79 Å². The third kappa shape index (κ3) is 3.70. The Labute approximate surface area is 123 Å². The highest BCUT2D eigenvalue weighted by Gasteiger charge is 2.40. The molecule has 2 rings (SSSR count). The van der Waals surface area contributed by atoms with Crippen molar-refractivity contribution in [3.63, 3.8) is 0 Å². The van der Waals surface area contributed by atoms with Crippen LogP contribution in [0.25, 0.3) is 0 Å². The number of amides is 2. The minimum absolute atomic E-state index is 0.0108. The minimum Gasteiger partial charge on any atom is -0.481 e. The Kier molecular flexibility index (Phi) is 4.46. The van der Waals surface area contributed by atoms with Gasteiger partial charge < -0.3 is 15.7 Å². The number of carboxylic acids is 1. The highest BCUT2D eigenvalue weighted by Crippen LogP contribution is 2.34. The maximum atomic E-state index is 11.8. The highest BCUT2D eigenvalue weighted by molar-refractivity contribution is 9.10. The van der Waals surface area contributed by atoms with Crippen LogP contribution in [0.5, 0.6) is 0 Å². The highest BCUT2D eigenvalue weighted by atomic mass is 79.9. The molecule has 0 aliphatic heterocycles. The standard InChI is InChI=1S/C12H15BrN2O3S/c13-8-2-5-19-9(8)7-14-11(18)15-12(3-1-4-12)6-10(16)17/h2,5H,1,3-4,6-7H2,(H,16,17)(H2,14,15,18). The lowest BCUT2D eigenvalue weighted by atomic mass is 9.74. The predicted molar refractivity (Wildman–Crippen MR) is 76.2 cm³/mol. The predicted octanol–water partition coefficient (Wildman–Crippen LogP) is 2.71. The second-order valence-electron chi connectivity index (χ2n) is 4.70. The van der Waals surface area contributed by atoms with Crippen molar-refractivity contribution in [2.24, 2.45) is 0 Å². The smallest absolute Gasteiger partial charge is 0.315 e. The Morgan fingerprint density at radius 3 is 2.68 bits per heavy atom. The SMILES string of the molecule is O=C(O)CC1(NC(=O)NCc2sccc2Br)CCC1. The minimum atomic E-state index is -0.874. The Hall–Kier alpha value is -1.08. The van der Waals surface area contributed by atoms with Gasteiger partial charge in [-0.1, -0.05) is 0 Å². The van der Waals surface area contributed by atoms with E-state index in [1.165, 1.54) is 0 Å². The zero-order valence-electron chi connectivity index (χ0n) is 10.2. The Morgan fingerprint density at radius 1 is 1.47 bits per heavy atom. The van der Waals surface area contributed by atoms with E-state index in [9.17, 15) is 9.59 Å². The number of hydrogen-bond donors (Lipinski definition) is 3. The number of carbonyl (C=O) groups excluding carboxylic acids is 1. The van der Waals surface area contributed by atoms with E-state index in [-0.39, 0.29) is 12.5 Å². The van der Waals surface area contributed by atoms with E-state index in [1.807, 2.05) is 11.4 Å². The molecule has 1 aromatic heterocycles. The molecule has 0 radical (unpaired) electrons. The third-order valence-corrected chi connectivity index (χ3v) is 5.21. The molecule has 2 amide bonds. The van der Waals surface area contributed by atoms with Crippen LogP contribution in [0.1, 0.15) is 30.6 Å². The summed E-state index contributed by atoms with van der Waals surface area (Å²) in [5, 5.41) is 16.4. The number of hydrogen-bond acceptors (Lipinski definition) is 3. The van der Waals surface area contributed by atoms with Crippen molar-refractivity contribution in [2.45, 2.75) is 37.8 Å². The fourth-order valence-corrected chi connectivity index (χ4v) is 3.57. The molecule has 104 valence electrons. The zero-order chi connectivity index (χ0) is 13.9. The number of nitrogens with one attached hydrogen (secondary N) is 2. The van der Waals surface area contributed by atoms with Gasteiger partial charge in [0.15, 0.2) is 0 Å². The second-order valence-corrected chi connectivity index (χ2v) is 6.56. The van der Waals surface area contributed by atoms with Crippen molar-refractivity contribution in [1.29, 1.82) is 0 Å². The van der Waals surface area contributed by atoms with E-state index in [0.29, 0.717) is 6.54 Å². The van der Waals surface area contributed by atoms with Crippen LogP contribution in [0.15, 0.2) is 15.9 Å². The van der Waals surface area contributed by atoms with Crippen LogP contribution in [0, 0.1) is 0 Å². The van der Waals surface area contributed by atoms with Gasteiger partial charge in [0.1, 0.15) is 0 Å². The first-order valence-corrected chi connectivity index (χ1v) is 7.68. The number of urea groups is 1. The van der Waals surface area contributed by atoms with E-state index < -0.39 is 11.5 Å². The van der Waals surface area contributed by atoms with Gasteiger partial charge in [-0.2, -0.15) is 0 Å². The summed E-state index contributed by atoms with van der Waals surface area (Å²) < 4.78 is 0.974. The quantitative estimate of drug-likeness (QED) is 0.766. The first kappa shape index (κ1) is 14.3. The van der Waals surface area contributed by atoms with Gasteiger partial charge in [0, 0.05) is 9.35 Å². The normalized spacial score (nSPS) is 16.5. The lowest BCUT2D eigenvalue weighted by Crippen LogP contribution is -2.57. The number of thiophene rings is 1. The maximum absolute atomic E-state index is 11.8. The molecule has 0 aromatic carbocycles. The summed E-state index contributed by atoms with van der Waals surface area (Å²) in [5.41, 5.74) is -0.553. The topological polar surface area (TPSA) is 78.4 Å². The summed E-state index contributed by atoms with van der Waals surface area (Å²) in [6.07, 6.45) is 2.41. The molecule has 0 saturated heterocycles. The van der Waals surface area contributed by atoms with E-state index in [1.54, 1.807) is 11.3 Å². The molecule has 0 unspecified atom stereocenters. The van der Waals surface area contributed by atoms with Crippen LogP contribution in [0.2, 0.25) is 0 Å². The van der Waals surface area contributed by atoms with Crippen molar-refractivity contribution >= 4 is 39.3 Å². The average molecular weight is 347 g/mol. The molecule has 1 fully saturated rings. The molecular formula is C12H15BrN2O3S. The van der Waals surface area contributed by atoms with E-state index >= 15 is 0 Å². The van der Waals surface area contributed by atoms with E-state index in [4.69, 9.17) is 5.11 Å². The summed E-state index contributed by atoms with van der Waals surface area (Å²) in [5.74, 6) is -0.874. The van der Waals surface area contributed by atoms with Gasteiger partial charge in [-0.25, -0.2) is 4.79 Å². The number of carbonyl (C=O) groups is 2. The molecule has 0 atom stereocenters. The summed E-state index contributed by atoms with van der Waals surface area (Å²) in [7, 11) is 0. The van der Waals surface area contributed by atoms with Gasteiger partial charge in [-0.05, 0) is 46.6 Å². The van der Waals surface area contributed by atoms with Gasteiger partial charge >= 0.3 is 12.0 Å². The van der Waals surface area contributed by atoms with Gasteiger partial charge in [-0.3, -0.25) is 4.79 Å². The third-order valence-electron chi connectivity index (χ3n) is 3.28. The Morgan fingerprint density at radius 2 is 2.21 bits per heavy atom.